The Labute approximate surface area is 134 Å². The van der Waals surface area contributed by atoms with Crippen molar-refractivity contribution < 1.29 is 9.90 Å². The molecule has 0 radical (unpaired) electrons. The van der Waals surface area contributed by atoms with Gasteiger partial charge in [-0.3, -0.25) is 9.48 Å². The molecule has 0 fully saturated rings. The summed E-state index contributed by atoms with van der Waals surface area (Å²) >= 11 is 5.88. The Balaban J connectivity index is 1.82. The van der Waals surface area contributed by atoms with Crippen LogP contribution in [-0.4, -0.2) is 33.4 Å². The summed E-state index contributed by atoms with van der Waals surface area (Å²) in [5, 5.41) is 19.5. The number of nitrogens with zero attached hydrogens (tertiary/aromatic N) is 2. The molecule has 6 nitrogen and oxygen atoms in total. The predicted octanol–water partition coefficient (Wildman–Crippen LogP) is 2.36. The van der Waals surface area contributed by atoms with Crippen molar-refractivity contribution in [3.63, 3.8) is 0 Å². The third-order valence-electron chi connectivity index (χ3n) is 2.98. The topological polar surface area (TPSA) is 79.2 Å². The van der Waals surface area contributed by atoms with Crippen LogP contribution in [0.5, 0.6) is 0 Å². The number of aromatic nitrogens is 2. The molecular weight excluding hydrogens is 304 g/mol. The fourth-order valence-corrected chi connectivity index (χ4v) is 2.25. The summed E-state index contributed by atoms with van der Waals surface area (Å²) in [6.45, 7) is 2.41. The Kier molecular flexibility index (Phi) is 5.80. The predicted molar refractivity (Wildman–Crippen MR) is 87.1 cm³/mol. The zero-order valence-corrected chi connectivity index (χ0v) is 13.0. The van der Waals surface area contributed by atoms with Gasteiger partial charge in [-0.1, -0.05) is 17.7 Å². The first-order chi connectivity index (χ1) is 10.6. The molecule has 3 N–H and O–H groups in total. The molecule has 0 spiro atoms. The number of carbonyl (C=O) groups excluding carboxylic acids is 1. The summed E-state index contributed by atoms with van der Waals surface area (Å²) in [6.07, 6.45) is 3.78. The van der Waals surface area contributed by atoms with Gasteiger partial charge in [0.15, 0.2) is 0 Å². The average molecular weight is 323 g/mol. The minimum absolute atomic E-state index is 0.0404. The number of anilines is 2. The Morgan fingerprint density at radius 3 is 3.00 bits per heavy atom. The van der Waals surface area contributed by atoms with E-state index >= 15 is 0 Å². The molecule has 2 rings (SSSR count). The second-order valence-corrected chi connectivity index (χ2v) is 5.46. The zero-order valence-electron chi connectivity index (χ0n) is 12.3. The van der Waals surface area contributed by atoms with E-state index < -0.39 is 0 Å². The maximum absolute atomic E-state index is 12.0. The molecule has 1 aromatic carbocycles. The van der Waals surface area contributed by atoms with E-state index in [1.54, 1.807) is 41.3 Å². The molecule has 0 aliphatic heterocycles. The molecule has 1 aromatic heterocycles. The van der Waals surface area contributed by atoms with Crippen molar-refractivity contribution in [2.24, 2.45) is 0 Å². The minimum Gasteiger partial charge on any atom is -0.394 e. The molecule has 0 bridgehead atoms. The number of aliphatic hydroxyl groups is 1. The standard InChI is InChI=1S/C15H19ClN4O2/c1-11(18-14-9-17-20(10-14)5-6-21)7-15(22)19-13-4-2-3-12(16)8-13/h2-4,8-11,18,21H,5-7H2,1H3,(H,19,22). The lowest BCUT2D eigenvalue weighted by atomic mass is 10.2. The molecule has 22 heavy (non-hydrogen) atoms. The third kappa shape index (κ3) is 5.05. The fourth-order valence-electron chi connectivity index (χ4n) is 2.05. The Hall–Kier alpha value is -2.05. The molecule has 7 heteroatoms. The van der Waals surface area contributed by atoms with Crippen molar-refractivity contribution in [2.75, 3.05) is 17.2 Å². The van der Waals surface area contributed by atoms with Crippen LogP contribution in [0, 0.1) is 0 Å². The van der Waals surface area contributed by atoms with E-state index in [2.05, 4.69) is 15.7 Å². The first kappa shape index (κ1) is 16.3. The smallest absolute Gasteiger partial charge is 0.226 e. The highest BCUT2D eigenvalue weighted by Gasteiger charge is 2.10. The lowest BCUT2D eigenvalue weighted by molar-refractivity contribution is -0.116. The molecule has 1 heterocycles. The van der Waals surface area contributed by atoms with Gasteiger partial charge in [0, 0.05) is 29.4 Å². The summed E-state index contributed by atoms with van der Waals surface area (Å²) in [5.74, 6) is -0.0926. The Morgan fingerprint density at radius 2 is 2.27 bits per heavy atom. The van der Waals surface area contributed by atoms with E-state index in [0.29, 0.717) is 23.7 Å². The first-order valence-electron chi connectivity index (χ1n) is 7.02. The molecule has 1 unspecified atom stereocenters. The van der Waals surface area contributed by atoms with E-state index in [0.717, 1.165) is 5.69 Å². The van der Waals surface area contributed by atoms with E-state index in [-0.39, 0.29) is 18.6 Å². The van der Waals surface area contributed by atoms with Gasteiger partial charge >= 0.3 is 0 Å². The van der Waals surface area contributed by atoms with Crippen LogP contribution in [0.15, 0.2) is 36.7 Å². The summed E-state index contributed by atoms with van der Waals surface area (Å²) in [7, 11) is 0. The molecule has 1 amide bonds. The van der Waals surface area contributed by atoms with Crippen LogP contribution in [-0.2, 0) is 11.3 Å². The SMILES string of the molecule is CC(CC(=O)Nc1cccc(Cl)c1)Nc1cnn(CCO)c1. The number of rotatable bonds is 7. The lowest BCUT2D eigenvalue weighted by Gasteiger charge is -2.13. The van der Waals surface area contributed by atoms with Gasteiger partial charge in [0.1, 0.15) is 0 Å². The number of benzene rings is 1. The monoisotopic (exact) mass is 322 g/mol. The van der Waals surface area contributed by atoms with Crippen LogP contribution >= 0.6 is 11.6 Å². The molecule has 0 aliphatic carbocycles. The second kappa shape index (κ2) is 7.82. The van der Waals surface area contributed by atoms with Crippen LogP contribution in [0.3, 0.4) is 0 Å². The lowest BCUT2D eigenvalue weighted by Crippen LogP contribution is -2.23. The third-order valence-corrected chi connectivity index (χ3v) is 3.21. The van der Waals surface area contributed by atoms with Gasteiger partial charge in [-0.05, 0) is 25.1 Å². The van der Waals surface area contributed by atoms with Crippen molar-refractivity contribution in [2.45, 2.75) is 25.9 Å². The number of hydrogen-bond acceptors (Lipinski definition) is 4. The Bertz CT molecular complexity index is 630. The molecule has 118 valence electrons. The van der Waals surface area contributed by atoms with Crippen molar-refractivity contribution in [1.29, 1.82) is 0 Å². The second-order valence-electron chi connectivity index (χ2n) is 5.02. The zero-order chi connectivity index (χ0) is 15.9. The number of carbonyl (C=O) groups is 1. The maximum atomic E-state index is 12.0. The van der Waals surface area contributed by atoms with Gasteiger partial charge < -0.3 is 15.7 Å². The summed E-state index contributed by atoms with van der Waals surface area (Å²) in [4.78, 5) is 12.0. The highest BCUT2D eigenvalue weighted by Crippen LogP contribution is 2.15. The molecule has 0 aliphatic rings. The van der Waals surface area contributed by atoms with Crippen LogP contribution < -0.4 is 10.6 Å². The average Bonchev–Trinajstić information content (AvgIpc) is 2.86. The van der Waals surface area contributed by atoms with Gasteiger partial charge in [-0.2, -0.15) is 5.10 Å². The van der Waals surface area contributed by atoms with Crippen LogP contribution in [0.25, 0.3) is 0 Å². The van der Waals surface area contributed by atoms with Gasteiger partial charge in [-0.15, -0.1) is 0 Å². The quantitative estimate of drug-likeness (QED) is 0.731. The summed E-state index contributed by atoms with van der Waals surface area (Å²) in [6, 6.07) is 6.99. The van der Waals surface area contributed by atoms with Gasteiger partial charge in [0.05, 0.1) is 25.0 Å². The van der Waals surface area contributed by atoms with Crippen molar-refractivity contribution >= 4 is 28.9 Å². The normalized spacial score (nSPS) is 12.0. The Morgan fingerprint density at radius 1 is 1.45 bits per heavy atom. The molecule has 0 saturated heterocycles. The van der Waals surface area contributed by atoms with Crippen LogP contribution in [0.2, 0.25) is 5.02 Å². The first-order valence-corrected chi connectivity index (χ1v) is 7.40. The van der Waals surface area contributed by atoms with Crippen molar-refractivity contribution in [1.82, 2.24) is 9.78 Å². The molecule has 1 atom stereocenters. The fraction of sp³-hybridized carbons (Fsp3) is 0.333. The number of halogens is 1. The van der Waals surface area contributed by atoms with E-state index in [4.69, 9.17) is 16.7 Å². The van der Waals surface area contributed by atoms with Gasteiger partial charge in [0.2, 0.25) is 5.91 Å². The molecular formula is C15H19ClN4O2. The van der Waals surface area contributed by atoms with Crippen LogP contribution in [0.4, 0.5) is 11.4 Å². The molecule has 2 aromatic rings. The number of amides is 1. The summed E-state index contributed by atoms with van der Waals surface area (Å²) < 4.78 is 1.64. The summed E-state index contributed by atoms with van der Waals surface area (Å²) in [5.41, 5.74) is 1.50. The maximum Gasteiger partial charge on any atom is 0.226 e. The highest BCUT2D eigenvalue weighted by molar-refractivity contribution is 6.30. The number of nitrogens with one attached hydrogen (secondary N) is 2. The van der Waals surface area contributed by atoms with Crippen molar-refractivity contribution in [3.8, 4) is 0 Å². The highest BCUT2D eigenvalue weighted by atomic mass is 35.5. The van der Waals surface area contributed by atoms with E-state index in [1.165, 1.54) is 0 Å². The molecule has 0 saturated carbocycles. The number of aliphatic hydroxyl groups excluding tert-OH is 1. The minimum atomic E-state index is -0.0926. The van der Waals surface area contributed by atoms with E-state index in [9.17, 15) is 4.79 Å². The number of hydrogen-bond donors (Lipinski definition) is 3. The van der Waals surface area contributed by atoms with Crippen LogP contribution in [0.1, 0.15) is 13.3 Å². The van der Waals surface area contributed by atoms with Gasteiger partial charge in [-0.25, -0.2) is 0 Å². The van der Waals surface area contributed by atoms with E-state index in [1.807, 2.05) is 6.92 Å². The van der Waals surface area contributed by atoms with Crippen molar-refractivity contribution in [3.05, 3.63) is 41.7 Å². The largest absolute Gasteiger partial charge is 0.394 e. The van der Waals surface area contributed by atoms with Gasteiger partial charge in [0.25, 0.3) is 0 Å².